The van der Waals surface area contributed by atoms with Gasteiger partial charge in [0, 0.05) is 6.54 Å². The largest absolute Gasteiger partial charge is 0.471 e. The summed E-state index contributed by atoms with van der Waals surface area (Å²) in [6.45, 7) is -0.515. The fraction of sp³-hybridized carbons (Fsp3) is 0.273. The second-order valence-electron chi connectivity index (χ2n) is 3.80. The molecule has 19 heavy (non-hydrogen) atoms. The summed E-state index contributed by atoms with van der Waals surface area (Å²) in [6.07, 6.45) is 0. The number of amides is 2. The number of carbonyl (C=O) groups excluding carboxylic acids is 2. The molecule has 0 aromatic heterocycles. The summed E-state index contributed by atoms with van der Waals surface area (Å²) in [5.74, 6) is -2.12. The number of carbonyl (C=O) groups is 2. The van der Waals surface area contributed by atoms with Gasteiger partial charge in [-0.05, 0) is 12.1 Å². The van der Waals surface area contributed by atoms with Gasteiger partial charge in [0.2, 0.25) is 0 Å². The number of halogens is 3. The van der Waals surface area contributed by atoms with Gasteiger partial charge < -0.3 is 0 Å². The zero-order valence-electron chi connectivity index (χ0n) is 9.44. The van der Waals surface area contributed by atoms with Crippen molar-refractivity contribution < 1.29 is 27.0 Å². The first-order chi connectivity index (χ1) is 8.82. The molecule has 102 valence electrons. The molecule has 1 heterocycles. The van der Waals surface area contributed by atoms with Crippen LogP contribution in [0.15, 0.2) is 24.3 Å². The lowest BCUT2D eigenvalue weighted by Crippen LogP contribution is -2.35. The fourth-order valence-electron chi connectivity index (χ4n) is 1.73. The van der Waals surface area contributed by atoms with Crippen molar-refractivity contribution in [2.75, 3.05) is 12.3 Å². The molecule has 0 saturated carbocycles. The Hall–Kier alpha value is -1.70. The van der Waals surface area contributed by atoms with Crippen LogP contribution in [0.5, 0.6) is 0 Å². The van der Waals surface area contributed by atoms with Gasteiger partial charge in [-0.15, -0.1) is 0 Å². The fourth-order valence-corrected chi connectivity index (χ4v) is 2.31. The van der Waals surface area contributed by atoms with Crippen LogP contribution >= 0.6 is 0 Å². The van der Waals surface area contributed by atoms with Gasteiger partial charge in [-0.1, -0.05) is 12.1 Å². The highest BCUT2D eigenvalue weighted by atomic mass is 32.2. The monoisotopic (exact) mass is 291 g/mol. The first-order valence-electron chi connectivity index (χ1n) is 5.23. The summed E-state index contributed by atoms with van der Waals surface area (Å²) in [6, 6.07) is 5.97. The van der Waals surface area contributed by atoms with E-state index in [1.54, 1.807) is 12.1 Å². The van der Waals surface area contributed by atoms with Gasteiger partial charge in [0.15, 0.2) is 0 Å². The molecule has 0 bridgehead atoms. The number of imide groups is 1. The van der Waals surface area contributed by atoms with E-state index in [4.69, 9.17) is 0 Å². The van der Waals surface area contributed by atoms with Crippen molar-refractivity contribution in [3.8, 4) is 0 Å². The smallest absolute Gasteiger partial charge is 0.273 e. The number of nitrogens with zero attached hydrogens (tertiary/aromatic N) is 1. The van der Waals surface area contributed by atoms with E-state index < -0.39 is 40.4 Å². The highest BCUT2D eigenvalue weighted by Gasteiger charge is 2.39. The number of hydrogen-bond acceptors (Lipinski definition) is 3. The van der Waals surface area contributed by atoms with Crippen LogP contribution in [-0.2, 0) is 10.8 Å². The summed E-state index contributed by atoms with van der Waals surface area (Å²) in [5.41, 5.74) is -4.52. The van der Waals surface area contributed by atoms with E-state index in [1.807, 2.05) is 0 Å². The van der Waals surface area contributed by atoms with Gasteiger partial charge in [0.05, 0.1) is 16.9 Å². The third-order valence-electron chi connectivity index (χ3n) is 2.64. The molecule has 0 saturated heterocycles. The Balaban J connectivity index is 2.11. The van der Waals surface area contributed by atoms with Crippen LogP contribution in [0.25, 0.3) is 0 Å². The van der Waals surface area contributed by atoms with Crippen LogP contribution in [0.4, 0.5) is 13.2 Å². The maximum Gasteiger partial charge on any atom is 0.471 e. The Bertz CT molecular complexity index is 536. The molecule has 2 rings (SSSR count). The summed E-state index contributed by atoms with van der Waals surface area (Å²) in [4.78, 5) is 24.3. The van der Waals surface area contributed by atoms with Crippen LogP contribution in [-0.4, -0.2) is 38.7 Å². The number of benzene rings is 1. The lowest BCUT2D eigenvalue weighted by atomic mass is 10.1. The molecule has 1 aliphatic heterocycles. The normalized spacial score (nSPS) is 16.7. The maximum atomic E-state index is 12.1. The van der Waals surface area contributed by atoms with Crippen molar-refractivity contribution in [2.45, 2.75) is 5.51 Å². The maximum absolute atomic E-state index is 12.1. The SMILES string of the molecule is O=C1c2ccccc2C(=O)N1CC[S@@](=O)C(F)(F)F. The average molecular weight is 291 g/mol. The van der Waals surface area contributed by atoms with Crippen molar-refractivity contribution in [1.82, 2.24) is 4.90 Å². The topological polar surface area (TPSA) is 54.5 Å². The molecule has 0 aliphatic carbocycles. The third kappa shape index (κ3) is 2.53. The molecule has 0 fully saturated rings. The van der Waals surface area contributed by atoms with Crippen LogP contribution < -0.4 is 0 Å². The lowest BCUT2D eigenvalue weighted by molar-refractivity contribution is -0.0385. The predicted octanol–water partition coefficient (Wildman–Crippen LogP) is 1.55. The molecule has 1 aromatic rings. The Morgan fingerprint density at radius 1 is 1.05 bits per heavy atom. The van der Waals surface area contributed by atoms with Gasteiger partial charge >= 0.3 is 5.51 Å². The molecule has 8 heteroatoms. The molecule has 0 spiro atoms. The summed E-state index contributed by atoms with van der Waals surface area (Å²) >= 11 is 0. The van der Waals surface area contributed by atoms with Crippen LogP contribution in [0.3, 0.4) is 0 Å². The molecular formula is C11H8F3NO3S. The van der Waals surface area contributed by atoms with E-state index in [0.717, 1.165) is 0 Å². The van der Waals surface area contributed by atoms with Crippen molar-refractivity contribution >= 4 is 22.6 Å². The second-order valence-corrected chi connectivity index (χ2v) is 5.37. The highest BCUT2D eigenvalue weighted by Crippen LogP contribution is 2.24. The van der Waals surface area contributed by atoms with Crippen molar-refractivity contribution in [3.05, 3.63) is 35.4 Å². The van der Waals surface area contributed by atoms with Crippen molar-refractivity contribution in [1.29, 1.82) is 0 Å². The number of hydrogen-bond donors (Lipinski definition) is 0. The number of rotatable bonds is 3. The second kappa shape index (κ2) is 4.76. The zero-order valence-corrected chi connectivity index (χ0v) is 10.3. The van der Waals surface area contributed by atoms with E-state index in [9.17, 15) is 27.0 Å². The molecule has 1 aromatic carbocycles. The Morgan fingerprint density at radius 3 is 1.95 bits per heavy atom. The Kier molecular flexibility index (Phi) is 3.44. The predicted molar refractivity (Wildman–Crippen MR) is 60.9 cm³/mol. The highest BCUT2D eigenvalue weighted by molar-refractivity contribution is 7.85. The molecule has 0 radical (unpaired) electrons. The minimum Gasteiger partial charge on any atom is -0.273 e. The van der Waals surface area contributed by atoms with Gasteiger partial charge in [-0.25, -0.2) is 0 Å². The third-order valence-corrected chi connectivity index (χ3v) is 3.71. The zero-order chi connectivity index (χ0) is 14.2. The molecule has 4 nitrogen and oxygen atoms in total. The Labute approximate surface area is 108 Å². The van der Waals surface area contributed by atoms with Crippen LogP contribution in [0, 0.1) is 0 Å². The molecule has 1 atom stereocenters. The molecular weight excluding hydrogens is 283 g/mol. The van der Waals surface area contributed by atoms with Gasteiger partial charge in [0.1, 0.15) is 10.8 Å². The molecule has 0 N–H and O–H groups in total. The molecule has 2 amide bonds. The van der Waals surface area contributed by atoms with E-state index in [-0.39, 0.29) is 11.1 Å². The van der Waals surface area contributed by atoms with E-state index in [0.29, 0.717) is 4.90 Å². The summed E-state index contributed by atoms with van der Waals surface area (Å²) in [7, 11) is -3.07. The summed E-state index contributed by atoms with van der Waals surface area (Å²) in [5, 5.41) is 0. The van der Waals surface area contributed by atoms with Crippen LogP contribution in [0.1, 0.15) is 20.7 Å². The summed E-state index contributed by atoms with van der Waals surface area (Å²) < 4.78 is 47.1. The van der Waals surface area contributed by atoms with E-state index in [2.05, 4.69) is 0 Å². The molecule has 1 aliphatic rings. The standard InChI is InChI=1S/C11H8F3NO3S/c12-11(13,14)19(18)6-5-15-9(16)7-3-1-2-4-8(7)10(15)17/h1-4H,5-6H2/t19-/m1/s1. The van der Waals surface area contributed by atoms with Gasteiger partial charge in [-0.3, -0.25) is 18.7 Å². The minimum absolute atomic E-state index is 0.158. The first-order valence-corrected chi connectivity index (χ1v) is 6.54. The number of fused-ring (bicyclic) bond motifs is 1. The van der Waals surface area contributed by atoms with Crippen molar-refractivity contribution in [2.24, 2.45) is 0 Å². The molecule has 0 unspecified atom stereocenters. The Morgan fingerprint density at radius 2 is 1.53 bits per heavy atom. The first kappa shape index (κ1) is 13.7. The number of alkyl halides is 3. The lowest BCUT2D eigenvalue weighted by Gasteiger charge is -2.14. The minimum atomic E-state index is -4.83. The van der Waals surface area contributed by atoms with Crippen molar-refractivity contribution in [3.63, 3.8) is 0 Å². The average Bonchev–Trinajstić information content (AvgIpc) is 2.59. The van der Waals surface area contributed by atoms with Gasteiger partial charge in [0.25, 0.3) is 11.8 Å². The quantitative estimate of drug-likeness (QED) is 0.794. The van der Waals surface area contributed by atoms with Gasteiger partial charge in [-0.2, -0.15) is 13.2 Å². The van der Waals surface area contributed by atoms with E-state index >= 15 is 0 Å². The van der Waals surface area contributed by atoms with Crippen LogP contribution in [0.2, 0.25) is 0 Å². The van der Waals surface area contributed by atoms with E-state index in [1.165, 1.54) is 12.1 Å².